The lowest BCUT2D eigenvalue weighted by molar-refractivity contribution is 0.116. The highest BCUT2D eigenvalue weighted by Gasteiger charge is 2.23. The van der Waals surface area contributed by atoms with Crippen LogP contribution in [0, 0.1) is 0 Å². The van der Waals surface area contributed by atoms with Crippen LogP contribution in [0.5, 0.6) is 0 Å². The lowest BCUT2D eigenvalue weighted by Gasteiger charge is -2.28. The van der Waals surface area contributed by atoms with E-state index in [-0.39, 0.29) is 12.1 Å². The standard InChI is InChI=1S/C14H19N3OS/c1-2-9-7-10-13(15-8-16-14(10)19-9)17-11-5-3-4-6-12(11)18/h7-8,11-12,18H,2-6H2,1H3,(H,15,16,17). The van der Waals surface area contributed by atoms with Crippen molar-refractivity contribution in [2.75, 3.05) is 5.32 Å². The third kappa shape index (κ3) is 2.58. The van der Waals surface area contributed by atoms with Gasteiger partial charge in [-0.25, -0.2) is 9.97 Å². The average Bonchev–Trinajstić information content (AvgIpc) is 2.85. The van der Waals surface area contributed by atoms with Crippen LogP contribution in [0.2, 0.25) is 0 Å². The van der Waals surface area contributed by atoms with E-state index in [2.05, 4.69) is 28.3 Å². The summed E-state index contributed by atoms with van der Waals surface area (Å²) in [4.78, 5) is 11.0. The molecule has 0 aliphatic heterocycles. The highest BCUT2D eigenvalue weighted by atomic mass is 32.1. The summed E-state index contributed by atoms with van der Waals surface area (Å²) in [6.07, 6.45) is 6.56. The smallest absolute Gasteiger partial charge is 0.138 e. The Morgan fingerprint density at radius 2 is 2.21 bits per heavy atom. The van der Waals surface area contributed by atoms with E-state index in [1.807, 2.05) is 0 Å². The van der Waals surface area contributed by atoms with Gasteiger partial charge in [0.2, 0.25) is 0 Å². The van der Waals surface area contributed by atoms with Crippen LogP contribution in [0.4, 0.5) is 5.82 Å². The first-order chi connectivity index (χ1) is 9.28. The lowest BCUT2D eigenvalue weighted by Crippen LogP contribution is -2.36. The van der Waals surface area contributed by atoms with Crippen LogP contribution >= 0.6 is 11.3 Å². The topological polar surface area (TPSA) is 58.0 Å². The molecule has 1 aliphatic carbocycles. The Kier molecular flexibility index (Phi) is 3.66. The van der Waals surface area contributed by atoms with Crippen LogP contribution in [0.3, 0.4) is 0 Å². The molecule has 0 bridgehead atoms. The van der Waals surface area contributed by atoms with Crippen molar-refractivity contribution in [1.82, 2.24) is 9.97 Å². The molecule has 2 aromatic rings. The number of thiophene rings is 1. The van der Waals surface area contributed by atoms with E-state index in [0.29, 0.717) is 0 Å². The molecule has 0 radical (unpaired) electrons. The molecule has 1 aliphatic rings. The fourth-order valence-corrected chi connectivity index (χ4v) is 3.58. The molecule has 2 N–H and O–H groups in total. The number of nitrogens with one attached hydrogen (secondary N) is 1. The number of fused-ring (bicyclic) bond motifs is 1. The number of anilines is 1. The molecule has 0 spiro atoms. The third-order valence-corrected chi connectivity index (χ3v) is 4.97. The first-order valence-corrected chi connectivity index (χ1v) is 7.77. The average molecular weight is 277 g/mol. The first kappa shape index (κ1) is 12.8. The Labute approximate surface area is 116 Å². The van der Waals surface area contributed by atoms with Gasteiger partial charge < -0.3 is 10.4 Å². The van der Waals surface area contributed by atoms with Crippen molar-refractivity contribution in [2.24, 2.45) is 0 Å². The van der Waals surface area contributed by atoms with Gasteiger partial charge >= 0.3 is 0 Å². The van der Waals surface area contributed by atoms with Crippen molar-refractivity contribution in [3.63, 3.8) is 0 Å². The number of hydrogen-bond acceptors (Lipinski definition) is 5. The fraction of sp³-hybridized carbons (Fsp3) is 0.571. The SMILES string of the molecule is CCc1cc2c(NC3CCCCC3O)ncnc2s1. The fourth-order valence-electron chi connectivity index (χ4n) is 2.65. The second-order valence-corrected chi connectivity index (χ2v) is 6.23. The molecule has 2 atom stereocenters. The van der Waals surface area contributed by atoms with Gasteiger partial charge in [-0.15, -0.1) is 11.3 Å². The van der Waals surface area contributed by atoms with Crippen LogP contribution in [0.1, 0.15) is 37.5 Å². The number of aliphatic hydroxyl groups excluding tert-OH is 1. The van der Waals surface area contributed by atoms with Crippen LogP contribution in [0.15, 0.2) is 12.4 Å². The van der Waals surface area contributed by atoms with Crippen molar-refractivity contribution in [3.05, 3.63) is 17.3 Å². The number of aliphatic hydroxyl groups is 1. The van der Waals surface area contributed by atoms with Crippen LogP contribution in [0.25, 0.3) is 10.2 Å². The number of hydrogen-bond donors (Lipinski definition) is 2. The first-order valence-electron chi connectivity index (χ1n) is 6.96. The summed E-state index contributed by atoms with van der Waals surface area (Å²) in [7, 11) is 0. The number of aromatic nitrogens is 2. The van der Waals surface area contributed by atoms with Gasteiger partial charge in [0.15, 0.2) is 0 Å². The lowest BCUT2D eigenvalue weighted by atomic mass is 9.92. The maximum Gasteiger partial charge on any atom is 0.138 e. The zero-order valence-corrected chi connectivity index (χ0v) is 11.9. The molecule has 0 amide bonds. The third-order valence-electron chi connectivity index (χ3n) is 3.78. The second kappa shape index (κ2) is 5.43. The molecule has 5 heteroatoms. The number of aryl methyl sites for hydroxylation is 1. The minimum absolute atomic E-state index is 0.122. The molecule has 0 saturated heterocycles. The minimum Gasteiger partial charge on any atom is -0.391 e. The molecule has 1 fully saturated rings. The highest BCUT2D eigenvalue weighted by Crippen LogP contribution is 2.30. The zero-order chi connectivity index (χ0) is 13.2. The summed E-state index contributed by atoms with van der Waals surface area (Å²) in [6.45, 7) is 2.15. The van der Waals surface area contributed by atoms with Gasteiger partial charge in [0.1, 0.15) is 17.0 Å². The van der Waals surface area contributed by atoms with Gasteiger partial charge in [0.05, 0.1) is 17.5 Å². The largest absolute Gasteiger partial charge is 0.391 e. The maximum absolute atomic E-state index is 10.1. The van der Waals surface area contributed by atoms with Crippen molar-refractivity contribution >= 4 is 27.4 Å². The van der Waals surface area contributed by atoms with E-state index in [0.717, 1.165) is 41.7 Å². The van der Waals surface area contributed by atoms with E-state index in [4.69, 9.17) is 0 Å². The van der Waals surface area contributed by atoms with Gasteiger partial charge in [-0.1, -0.05) is 19.8 Å². The molecule has 0 aromatic carbocycles. The van der Waals surface area contributed by atoms with E-state index in [1.165, 1.54) is 11.3 Å². The monoisotopic (exact) mass is 277 g/mol. The van der Waals surface area contributed by atoms with Crippen molar-refractivity contribution in [3.8, 4) is 0 Å². The summed E-state index contributed by atoms with van der Waals surface area (Å²) < 4.78 is 0. The van der Waals surface area contributed by atoms with Gasteiger partial charge in [-0.3, -0.25) is 0 Å². The highest BCUT2D eigenvalue weighted by molar-refractivity contribution is 7.18. The second-order valence-electron chi connectivity index (χ2n) is 5.11. The molecule has 4 nitrogen and oxygen atoms in total. The predicted molar refractivity (Wildman–Crippen MR) is 78.7 cm³/mol. The van der Waals surface area contributed by atoms with E-state index in [1.54, 1.807) is 17.7 Å². The molecule has 19 heavy (non-hydrogen) atoms. The Morgan fingerprint density at radius 3 is 3.00 bits per heavy atom. The van der Waals surface area contributed by atoms with Crippen LogP contribution < -0.4 is 5.32 Å². The molecular formula is C14H19N3OS. The predicted octanol–water partition coefficient (Wildman–Crippen LogP) is 2.97. The minimum atomic E-state index is -0.261. The normalized spacial score (nSPS) is 23.7. The summed E-state index contributed by atoms with van der Waals surface area (Å²) in [5.41, 5.74) is 0. The van der Waals surface area contributed by atoms with Gasteiger partial charge in [0, 0.05) is 4.88 Å². The molecule has 2 heterocycles. The Bertz CT molecular complexity index is 569. The van der Waals surface area contributed by atoms with E-state index < -0.39 is 0 Å². The van der Waals surface area contributed by atoms with Gasteiger partial charge in [-0.05, 0) is 25.3 Å². The number of rotatable bonds is 3. The van der Waals surface area contributed by atoms with Gasteiger partial charge in [-0.2, -0.15) is 0 Å². The summed E-state index contributed by atoms with van der Waals surface area (Å²) in [5, 5.41) is 14.6. The summed E-state index contributed by atoms with van der Waals surface area (Å²) in [5.74, 6) is 0.868. The quantitative estimate of drug-likeness (QED) is 0.905. The van der Waals surface area contributed by atoms with Crippen LogP contribution in [-0.4, -0.2) is 27.2 Å². The van der Waals surface area contributed by atoms with Crippen molar-refractivity contribution < 1.29 is 5.11 Å². The maximum atomic E-state index is 10.1. The molecule has 2 aromatic heterocycles. The van der Waals surface area contributed by atoms with E-state index in [9.17, 15) is 5.11 Å². The van der Waals surface area contributed by atoms with E-state index >= 15 is 0 Å². The molecule has 3 rings (SSSR count). The Balaban J connectivity index is 1.89. The van der Waals surface area contributed by atoms with Crippen LogP contribution in [-0.2, 0) is 6.42 Å². The van der Waals surface area contributed by atoms with Crippen molar-refractivity contribution in [2.45, 2.75) is 51.2 Å². The zero-order valence-electron chi connectivity index (χ0n) is 11.1. The molecule has 2 unspecified atom stereocenters. The Hall–Kier alpha value is -1.20. The summed E-state index contributed by atoms with van der Waals surface area (Å²) >= 11 is 1.72. The van der Waals surface area contributed by atoms with Crippen molar-refractivity contribution in [1.29, 1.82) is 0 Å². The Morgan fingerprint density at radius 1 is 1.37 bits per heavy atom. The molecule has 1 saturated carbocycles. The van der Waals surface area contributed by atoms with Gasteiger partial charge in [0.25, 0.3) is 0 Å². The molecule has 102 valence electrons. The summed E-state index contributed by atoms with van der Waals surface area (Å²) in [6, 6.07) is 2.29. The molecular weight excluding hydrogens is 258 g/mol. The number of nitrogens with zero attached hydrogens (tertiary/aromatic N) is 2.